The molecule has 2 aromatic rings. The molecule has 0 saturated heterocycles. The molecule has 0 aliphatic rings. The van der Waals surface area contributed by atoms with E-state index >= 15 is 0 Å². The van der Waals surface area contributed by atoms with Crippen molar-refractivity contribution < 1.29 is 5.11 Å². The number of phenolic OH excluding ortho intramolecular Hbond substituents is 1. The molecule has 0 fully saturated rings. The Kier molecular flexibility index (Phi) is 2.48. The van der Waals surface area contributed by atoms with Crippen molar-refractivity contribution >= 4 is 66.6 Å². The minimum Gasteiger partial charge on any atom is -0.507 e. The predicted molar refractivity (Wildman–Crippen MR) is 68.9 cm³/mol. The summed E-state index contributed by atoms with van der Waals surface area (Å²) in [5, 5.41) is 12.6. The van der Waals surface area contributed by atoms with Crippen molar-refractivity contribution in [2.45, 2.75) is 0 Å². The Bertz CT molecular complexity index is 436. The van der Waals surface area contributed by atoms with Crippen molar-refractivity contribution in [1.82, 2.24) is 0 Å². The summed E-state index contributed by atoms with van der Waals surface area (Å²) in [6.45, 7) is 0. The summed E-state index contributed by atoms with van der Waals surface area (Å²) in [5.74, 6) is 0.385. The molecule has 0 radical (unpaired) electrons. The molecule has 4 heteroatoms. The molecule has 1 aromatic heterocycles. The van der Waals surface area contributed by atoms with Gasteiger partial charge in [-0.05, 0) is 57.3 Å². The van der Waals surface area contributed by atoms with Crippen LogP contribution in [0.25, 0.3) is 10.1 Å². The second kappa shape index (κ2) is 3.30. The molecule has 1 nitrogen and oxygen atoms in total. The van der Waals surface area contributed by atoms with Gasteiger partial charge in [0.1, 0.15) is 5.75 Å². The zero-order valence-electron chi connectivity index (χ0n) is 5.84. The summed E-state index contributed by atoms with van der Waals surface area (Å²) in [4.78, 5) is 0. The van der Waals surface area contributed by atoms with E-state index in [1.807, 2.05) is 6.07 Å². The van der Waals surface area contributed by atoms with Crippen LogP contribution < -0.4 is 0 Å². The first-order valence-corrected chi connectivity index (χ1v) is 6.28. The lowest BCUT2D eigenvalue weighted by Gasteiger charge is -1.97. The van der Waals surface area contributed by atoms with Gasteiger partial charge in [0.05, 0.1) is 4.70 Å². The van der Waals surface area contributed by atoms with Crippen LogP contribution in [-0.2, 0) is 0 Å². The third-order valence-electron chi connectivity index (χ3n) is 1.61. The highest BCUT2D eigenvalue weighted by Gasteiger charge is 2.08. The number of hydrogen-bond acceptors (Lipinski definition) is 2. The Hall–Kier alpha value is 0.440. The Morgan fingerprint density at radius 1 is 1.17 bits per heavy atom. The maximum Gasteiger partial charge on any atom is 0.125 e. The SMILES string of the molecule is Oc1ccc(I)c2scc(I)c12. The van der Waals surface area contributed by atoms with Gasteiger partial charge in [-0.1, -0.05) is 0 Å². The fourth-order valence-corrected chi connectivity index (χ4v) is 3.86. The zero-order valence-corrected chi connectivity index (χ0v) is 11.0. The van der Waals surface area contributed by atoms with Crippen molar-refractivity contribution in [2.75, 3.05) is 0 Å². The van der Waals surface area contributed by atoms with Crippen LogP contribution in [-0.4, -0.2) is 5.11 Å². The molecule has 0 amide bonds. The van der Waals surface area contributed by atoms with Gasteiger partial charge in [-0.3, -0.25) is 0 Å². The normalized spacial score (nSPS) is 10.8. The molecule has 0 aliphatic carbocycles. The smallest absolute Gasteiger partial charge is 0.125 e. The molecule has 1 aromatic carbocycles. The summed E-state index contributed by atoms with van der Waals surface area (Å²) < 4.78 is 3.51. The van der Waals surface area contributed by atoms with Crippen molar-refractivity contribution in [3.8, 4) is 5.75 Å². The predicted octanol–water partition coefficient (Wildman–Crippen LogP) is 3.82. The zero-order chi connectivity index (χ0) is 8.72. The maximum absolute atomic E-state index is 9.56. The highest BCUT2D eigenvalue weighted by Crippen LogP contribution is 2.36. The van der Waals surface area contributed by atoms with E-state index in [1.165, 1.54) is 8.27 Å². The first-order chi connectivity index (χ1) is 5.70. The summed E-state index contributed by atoms with van der Waals surface area (Å²) in [6, 6.07) is 3.68. The van der Waals surface area contributed by atoms with E-state index in [1.54, 1.807) is 17.4 Å². The molecular formula is C8H4I2OS. The van der Waals surface area contributed by atoms with Crippen LogP contribution in [0.5, 0.6) is 5.75 Å². The van der Waals surface area contributed by atoms with Gasteiger partial charge in [-0.25, -0.2) is 0 Å². The maximum atomic E-state index is 9.56. The third kappa shape index (κ3) is 1.33. The van der Waals surface area contributed by atoms with E-state index in [-0.39, 0.29) is 0 Å². The van der Waals surface area contributed by atoms with Crippen molar-refractivity contribution in [1.29, 1.82) is 0 Å². The molecule has 0 saturated carbocycles. The van der Waals surface area contributed by atoms with Gasteiger partial charge in [0.25, 0.3) is 0 Å². The van der Waals surface area contributed by atoms with Gasteiger partial charge in [0.2, 0.25) is 0 Å². The summed E-state index contributed by atoms with van der Waals surface area (Å²) >= 11 is 6.21. The van der Waals surface area contributed by atoms with Crippen LogP contribution >= 0.6 is 56.5 Å². The number of hydrogen-bond donors (Lipinski definition) is 1. The number of aromatic hydroxyl groups is 1. The fourth-order valence-electron chi connectivity index (χ4n) is 1.06. The van der Waals surface area contributed by atoms with Gasteiger partial charge in [-0.2, -0.15) is 0 Å². The van der Waals surface area contributed by atoms with E-state index in [9.17, 15) is 5.11 Å². The number of rotatable bonds is 0. The van der Waals surface area contributed by atoms with Gasteiger partial charge in [0.15, 0.2) is 0 Å². The highest BCUT2D eigenvalue weighted by atomic mass is 127. The van der Waals surface area contributed by atoms with Crippen LogP contribution in [0.3, 0.4) is 0 Å². The summed E-state index contributed by atoms with van der Waals surface area (Å²) in [7, 11) is 0. The number of fused-ring (bicyclic) bond motifs is 1. The molecule has 12 heavy (non-hydrogen) atoms. The lowest BCUT2D eigenvalue weighted by Crippen LogP contribution is -1.73. The van der Waals surface area contributed by atoms with Crippen molar-refractivity contribution in [2.24, 2.45) is 0 Å². The lowest BCUT2D eigenvalue weighted by atomic mass is 10.2. The van der Waals surface area contributed by atoms with Crippen LogP contribution in [0, 0.1) is 7.14 Å². The minimum atomic E-state index is 0.385. The second-order valence-electron chi connectivity index (χ2n) is 2.35. The van der Waals surface area contributed by atoms with Gasteiger partial charge in [0, 0.05) is 17.9 Å². The van der Waals surface area contributed by atoms with Crippen LogP contribution in [0.4, 0.5) is 0 Å². The van der Waals surface area contributed by atoms with Gasteiger partial charge in [-0.15, -0.1) is 11.3 Å². The Morgan fingerprint density at radius 2 is 1.92 bits per heavy atom. The molecule has 0 aliphatic heterocycles. The monoisotopic (exact) mass is 402 g/mol. The second-order valence-corrected chi connectivity index (χ2v) is 5.56. The van der Waals surface area contributed by atoms with E-state index in [0.717, 1.165) is 8.96 Å². The first-order valence-electron chi connectivity index (χ1n) is 3.24. The Balaban J connectivity index is 2.98. The molecule has 0 bridgehead atoms. The Labute approximate surface area is 101 Å². The van der Waals surface area contributed by atoms with Crippen LogP contribution in [0.2, 0.25) is 0 Å². The molecule has 0 unspecified atom stereocenters. The quantitative estimate of drug-likeness (QED) is 0.665. The standard InChI is InChI=1S/C8H4I2OS/c9-4-1-2-6(11)7-5(10)3-12-8(4)7/h1-3,11H. The largest absolute Gasteiger partial charge is 0.507 e. The highest BCUT2D eigenvalue weighted by molar-refractivity contribution is 14.1. The molecule has 0 atom stereocenters. The fraction of sp³-hybridized carbons (Fsp3) is 0. The lowest BCUT2D eigenvalue weighted by molar-refractivity contribution is 0.481. The number of benzene rings is 1. The van der Waals surface area contributed by atoms with Crippen LogP contribution in [0.15, 0.2) is 17.5 Å². The minimum absolute atomic E-state index is 0.385. The van der Waals surface area contributed by atoms with Crippen LogP contribution in [0.1, 0.15) is 0 Å². The van der Waals surface area contributed by atoms with E-state index < -0.39 is 0 Å². The number of phenols is 1. The van der Waals surface area contributed by atoms with Crippen molar-refractivity contribution in [3.05, 3.63) is 24.7 Å². The molecular weight excluding hydrogens is 398 g/mol. The van der Waals surface area contributed by atoms with E-state index in [2.05, 4.69) is 50.6 Å². The van der Waals surface area contributed by atoms with Crippen molar-refractivity contribution in [3.63, 3.8) is 0 Å². The average Bonchev–Trinajstić information content (AvgIpc) is 2.42. The number of thiophene rings is 1. The molecule has 62 valence electrons. The summed E-state index contributed by atoms with van der Waals surface area (Å²) in [6.07, 6.45) is 0. The number of halogens is 2. The molecule has 1 N–H and O–H groups in total. The Morgan fingerprint density at radius 3 is 2.58 bits per heavy atom. The molecule has 0 spiro atoms. The average molecular weight is 402 g/mol. The van der Waals surface area contributed by atoms with E-state index in [0.29, 0.717) is 5.75 Å². The van der Waals surface area contributed by atoms with Gasteiger partial charge < -0.3 is 5.11 Å². The van der Waals surface area contributed by atoms with Gasteiger partial charge >= 0.3 is 0 Å². The topological polar surface area (TPSA) is 20.2 Å². The summed E-state index contributed by atoms with van der Waals surface area (Å²) in [5.41, 5.74) is 0. The molecule has 1 heterocycles. The molecule has 2 rings (SSSR count). The van der Waals surface area contributed by atoms with E-state index in [4.69, 9.17) is 0 Å². The first kappa shape index (κ1) is 9.01. The third-order valence-corrected chi connectivity index (χ3v) is 5.16.